The number of hydrogen-bond acceptors (Lipinski definition) is 3. The van der Waals surface area contributed by atoms with Crippen LogP contribution in [-0.4, -0.2) is 6.09 Å². The molecule has 0 saturated heterocycles. The first-order valence-electron chi connectivity index (χ1n) is 8.83. The number of cyclic esters (lactones) is 1. The van der Waals surface area contributed by atoms with Crippen LogP contribution in [0.25, 0.3) is 0 Å². The summed E-state index contributed by atoms with van der Waals surface area (Å²) in [5.41, 5.74) is 3.58. The van der Waals surface area contributed by atoms with Gasteiger partial charge in [0.2, 0.25) is 0 Å². The minimum absolute atomic E-state index is 0.441. The van der Waals surface area contributed by atoms with Gasteiger partial charge in [-0.1, -0.05) is 54.9 Å². The highest BCUT2D eigenvalue weighted by atomic mass is 35.5. The van der Waals surface area contributed by atoms with E-state index in [1.165, 1.54) is 0 Å². The van der Waals surface area contributed by atoms with Crippen molar-refractivity contribution in [3.05, 3.63) is 88.9 Å². The molecule has 1 aliphatic heterocycles. The summed E-state index contributed by atoms with van der Waals surface area (Å²) >= 11 is 6.08. The van der Waals surface area contributed by atoms with Crippen LogP contribution in [0.4, 0.5) is 21.9 Å². The number of fused-ring (bicyclic) bond motifs is 1. The van der Waals surface area contributed by atoms with E-state index in [9.17, 15) is 4.79 Å². The van der Waals surface area contributed by atoms with E-state index in [4.69, 9.17) is 16.3 Å². The molecule has 5 heteroatoms. The molecule has 0 bridgehead atoms. The second-order valence-corrected chi connectivity index (χ2v) is 6.89. The number of rotatable bonds is 4. The van der Waals surface area contributed by atoms with Gasteiger partial charge in [-0.2, -0.15) is 0 Å². The minimum atomic E-state index is -0.828. The molecule has 3 aromatic carbocycles. The summed E-state index contributed by atoms with van der Waals surface area (Å²) < 4.78 is 5.86. The maximum atomic E-state index is 12.2. The Balaban J connectivity index is 1.81. The average molecular weight is 379 g/mol. The molecule has 1 aliphatic rings. The predicted molar refractivity (Wildman–Crippen MR) is 109 cm³/mol. The molecule has 3 aromatic rings. The molecule has 4 nitrogen and oxygen atoms in total. The summed E-state index contributed by atoms with van der Waals surface area (Å²) in [5, 5.41) is 6.84. The van der Waals surface area contributed by atoms with Crippen LogP contribution in [0.5, 0.6) is 0 Å². The predicted octanol–water partition coefficient (Wildman–Crippen LogP) is 6.30. The van der Waals surface area contributed by atoms with E-state index in [2.05, 4.69) is 10.6 Å². The number of carbonyl (C=O) groups is 1. The van der Waals surface area contributed by atoms with E-state index < -0.39 is 11.7 Å². The van der Waals surface area contributed by atoms with Gasteiger partial charge in [0.1, 0.15) is 0 Å². The van der Waals surface area contributed by atoms with E-state index in [-0.39, 0.29) is 0 Å². The number of amides is 1. The maximum absolute atomic E-state index is 12.2. The molecule has 1 amide bonds. The third-order valence-corrected chi connectivity index (χ3v) is 5.04. The van der Waals surface area contributed by atoms with Gasteiger partial charge in [-0.15, -0.1) is 0 Å². The Bertz CT molecular complexity index is 991. The fourth-order valence-electron chi connectivity index (χ4n) is 3.54. The smallest absolute Gasteiger partial charge is 0.412 e. The minimum Gasteiger partial charge on any atom is -0.433 e. The van der Waals surface area contributed by atoms with Gasteiger partial charge >= 0.3 is 6.09 Å². The Morgan fingerprint density at radius 1 is 1.00 bits per heavy atom. The largest absolute Gasteiger partial charge is 0.433 e. The van der Waals surface area contributed by atoms with Crippen LogP contribution in [0, 0.1) is 0 Å². The second-order valence-electron chi connectivity index (χ2n) is 6.46. The first kappa shape index (κ1) is 17.4. The summed E-state index contributed by atoms with van der Waals surface area (Å²) in [6, 6.07) is 23.2. The lowest BCUT2D eigenvalue weighted by atomic mass is 9.82. The number of halogens is 1. The van der Waals surface area contributed by atoms with Crippen LogP contribution < -0.4 is 10.6 Å². The summed E-state index contributed by atoms with van der Waals surface area (Å²) in [7, 11) is 0. The third kappa shape index (κ3) is 3.24. The lowest BCUT2D eigenvalue weighted by Crippen LogP contribution is -2.40. The van der Waals surface area contributed by atoms with Crippen molar-refractivity contribution >= 4 is 34.8 Å². The first-order chi connectivity index (χ1) is 13.1. The number of nitrogens with one attached hydrogen (secondary N) is 2. The van der Waals surface area contributed by atoms with Crippen LogP contribution in [0.3, 0.4) is 0 Å². The van der Waals surface area contributed by atoms with Crippen molar-refractivity contribution in [3.63, 3.8) is 0 Å². The van der Waals surface area contributed by atoms with Gasteiger partial charge in [-0.25, -0.2) is 4.79 Å². The Morgan fingerprint density at radius 3 is 2.52 bits per heavy atom. The van der Waals surface area contributed by atoms with Crippen molar-refractivity contribution in [2.24, 2.45) is 0 Å². The first-order valence-corrected chi connectivity index (χ1v) is 9.21. The normalized spacial score (nSPS) is 18.2. The van der Waals surface area contributed by atoms with E-state index >= 15 is 0 Å². The number of carbonyl (C=O) groups excluding carboxylic acids is 1. The van der Waals surface area contributed by atoms with Crippen molar-refractivity contribution in [3.8, 4) is 0 Å². The molecule has 0 radical (unpaired) electrons. The zero-order valence-electron chi connectivity index (χ0n) is 14.8. The third-order valence-electron chi connectivity index (χ3n) is 4.81. The van der Waals surface area contributed by atoms with Crippen LogP contribution in [0.2, 0.25) is 5.02 Å². The Hall–Kier alpha value is -2.98. The molecule has 0 spiro atoms. The summed E-state index contributed by atoms with van der Waals surface area (Å²) in [6.45, 7) is 2.02. The quantitative estimate of drug-likeness (QED) is 0.560. The van der Waals surface area contributed by atoms with Crippen molar-refractivity contribution in [2.75, 3.05) is 10.6 Å². The number of anilines is 3. The number of benzene rings is 3. The maximum Gasteiger partial charge on any atom is 0.412 e. The highest BCUT2D eigenvalue weighted by Gasteiger charge is 2.42. The van der Waals surface area contributed by atoms with E-state index in [0.29, 0.717) is 11.4 Å². The molecule has 4 rings (SSSR count). The second kappa shape index (κ2) is 6.97. The topological polar surface area (TPSA) is 50.4 Å². The van der Waals surface area contributed by atoms with Gasteiger partial charge in [-0.3, -0.25) is 5.32 Å². The van der Waals surface area contributed by atoms with Crippen molar-refractivity contribution in [2.45, 2.75) is 18.9 Å². The Morgan fingerprint density at radius 2 is 1.78 bits per heavy atom. The van der Waals surface area contributed by atoms with Gasteiger partial charge in [0.15, 0.2) is 5.60 Å². The zero-order valence-corrected chi connectivity index (χ0v) is 15.6. The number of ether oxygens (including phenoxy) is 1. The van der Waals surface area contributed by atoms with E-state index in [1.807, 2.05) is 79.7 Å². The van der Waals surface area contributed by atoms with Gasteiger partial charge in [0.05, 0.1) is 5.69 Å². The average Bonchev–Trinajstić information content (AvgIpc) is 2.68. The number of hydrogen-bond donors (Lipinski definition) is 2. The molecule has 136 valence electrons. The lowest BCUT2D eigenvalue weighted by molar-refractivity contribution is 0.0411. The van der Waals surface area contributed by atoms with Crippen LogP contribution in [0.1, 0.15) is 24.5 Å². The Labute approximate surface area is 163 Å². The molecule has 0 fully saturated rings. The molecule has 0 aliphatic carbocycles. The van der Waals surface area contributed by atoms with Gasteiger partial charge in [0, 0.05) is 27.5 Å². The fraction of sp³-hybridized carbons (Fsp3) is 0.136. The lowest BCUT2D eigenvalue weighted by Gasteiger charge is -2.38. The van der Waals surface area contributed by atoms with Crippen LogP contribution in [0.15, 0.2) is 72.8 Å². The molecule has 1 unspecified atom stereocenters. The van der Waals surface area contributed by atoms with Gasteiger partial charge in [-0.05, 0) is 42.8 Å². The molecular formula is C22H19ClN2O2. The fourth-order valence-corrected chi connectivity index (χ4v) is 3.73. The standard InChI is InChI=1S/C22H19ClN2O2/c1-2-22(15-7-4-3-5-8-15)19-14-18(11-12-20(19)25-21(26)27-22)24-17-10-6-9-16(23)13-17/h3-14,24H,2H2,1H3,(H,25,26). The summed E-state index contributed by atoms with van der Waals surface area (Å²) in [4.78, 5) is 12.2. The zero-order chi connectivity index (χ0) is 18.9. The monoisotopic (exact) mass is 378 g/mol. The molecule has 1 atom stereocenters. The molecule has 1 heterocycles. The molecule has 0 saturated carbocycles. The molecular weight excluding hydrogens is 360 g/mol. The highest BCUT2D eigenvalue weighted by molar-refractivity contribution is 6.30. The van der Waals surface area contributed by atoms with Gasteiger partial charge in [0.25, 0.3) is 0 Å². The SMILES string of the molecule is CCC1(c2ccccc2)OC(=O)Nc2ccc(Nc3cccc(Cl)c3)cc21. The van der Waals surface area contributed by atoms with E-state index in [1.54, 1.807) is 0 Å². The summed E-state index contributed by atoms with van der Waals surface area (Å²) in [5.74, 6) is 0. The van der Waals surface area contributed by atoms with Crippen molar-refractivity contribution in [1.82, 2.24) is 0 Å². The molecule has 27 heavy (non-hydrogen) atoms. The van der Waals surface area contributed by atoms with Crippen LogP contribution in [-0.2, 0) is 10.3 Å². The van der Waals surface area contributed by atoms with E-state index in [0.717, 1.165) is 28.2 Å². The summed E-state index contributed by atoms with van der Waals surface area (Å²) in [6.07, 6.45) is 0.182. The molecule has 2 N–H and O–H groups in total. The van der Waals surface area contributed by atoms with Crippen molar-refractivity contribution < 1.29 is 9.53 Å². The van der Waals surface area contributed by atoms with Gasteiger partial charge < -0.3 is 10.1 Å². The molecule has 0 aromatic heterocycles. The highest BCUT2D eigenvalue weighted by Crippen LogP contribution is 2.44. The van der Waals surface area contributed by atoms with Crippen LogP contribution >= 0.6 is 11.6 Å². The Kier molecular flexibility index (Phi) is 4.50. The van der Waals surface area contributed by atoms with Crippen molar-refractivity contribution in [1.29, 1.82) is 0 Å².